The van der Waals surface area contributed by atoms with Gasteiger partial charge in [0.15, 0.2) is 8.93 Å². The fourth-order valence-electron chi connectivity index (χ4n) is 3.58. The van der Waals surface area contributed by atoms with Crippen molar-refractivity contribution >= 4 is 80.5 Å². The summed E-state index contributed by atoms with van der Waals surface area (Å²) in [6.45, 7) is 9.57. The van der Waals surface area contributed by atoms with E-state index in [1.807, 2.05) is 13.8 Å². The summed E-state index contributed by atoms with van der Waals surface area (Å²) in [4.78, 5) is 43.0. The van der Waals surface area contributed by atoms with Crippen LogP contribution in [0, 0.1) is 20.2 Å². The molecule has 18 heteroatoms. The molecule has 0 aliphatic carbocycles. The summed E-state index contributed by atoms with van der Waals surface area (Å²) in [7, 11) is 0. The van der Waals surface area contributed by atoms with Gasteiger partial charge in [-0.1, -0.05) is 47.5 Å². The lowest BCUT2D eigenvalue weighted by molar-refractivity contribution is -0.384. The van der Waals surface area contributed by atoms with Crippen molar-refractivity contribution < 1.29 is 14.6 Å². The SMILES string of the molecule is C=CCOc1ccc([N+](=O)[O-])c(N(CC)Cc2cnc(Cl)s2)n1.CCN(Cc1cnc(Cl)s1)c1nc(Cl)ccc1[N+](=O)[O-]. The third-order valence-corrected chi connectivity index (χ3v) is 7.91. The Hall–Kier alpha value is -3.63. The Balaban J connectivity index is 0.000000238. The van der Waals surface area contributed by atoms with E-state index < -0.39 is 9.85 Å². The van der Waals surface area contributed by atoms with E-state index in [-0.39, 0.29) is 34.8 Å². The summed E-state index contributed by atoms with van der Waals surface area (Å²) in [6.07, 6.45) is 4.88. The van der Waals surface area contributed by atoms with E-state index in [9.17, 15) is 20.2 Å². The van der Waals surface area contributed by atoms with Crippen molar-refractivity contribution in [3.05, 3.63) is 93.4 Å². The second-order valence-electron chi connectivity index (χ2n) is 8.27. The molecule has 13 nitrogen and oxygen atoms in total. The highest BCUT2D eigenvalue weighted by Crippen LogP contribution is 2.32. The number of pyridine rings is 2. The van der Waals surface area contributed by atoms with Gasteiger partial charge < -0.3 is 14.5 Å². The van der Waals surface area contributed by atoms with Crippen LogP contribution < -0.4 is 14.5 Å². The molecule has 0 amide bonds. The highest BCUT2D eigenvalue weighted by molar-refractivity contribution is 7.16. The summed E-state index contributed by atoms with van der Waals surface area (Å²) < 4.78 is 6.24. The van der Waals surface area contributed by atoms with E-state index in [1.165, 1.54) is 46.9 Å². The fraction of sp³-hybridized carbons (Fsp3) is 0.280. The quantitative estimate of drug-likeness (QED) is 0.0595. The normalized spacial score (nSPS) is 10.4. The number of aromatic nitrogens is 4. The molecular weight excluding hydrogens is 663 g/mol. The van der Waals surface area contributed by atoms with Crippen molar-refractivity contribution in [2.24, 2.45) is 0 Å². The molecule has 0 radical (unpaired) electrons. The van der Waals surface area contributed by atoms with Crippen molar-refractivity contribution in [1.82, 2.24) is 19.9 Å². The lowest BCUT2D eigenvalue weighted by Gasteiger charge is -2.21. The number of halogens is 3. The molecular formula is C25H25Cl3N8O5S2. The van der Waals surface area contributed by atoms with Gasteiger partial charge in [-0.2, -0.15) is 4.98 Å². The second-order valence-corrected chi connectivity index (χ2v) is 12.1. The largest absolute Gasteiger partial charge is 0.473 e. The van der Waals surface area contributed by atoms with Gasteiger partial charge >= 0.3 is 11.4 Å². The molecule has 4 rings (SSSR count). The monoisotopic (exact) mass is 686 g/mol. The highest BCUT2D eigenvalue weighted by atomic mass is 35.5. The first-order chi connectivity index (χ1) is 20.6. The second kappa shape index (κ2) is 16.3. The van der Waals surface area contributed by atoms with E-state index in [1.54, 1.807) is 28.3 Å². The Morgan fingerprint density at radius 2 is 1.35 bits per heavy atom. The number of ether oxygens (including phenoxy) is 1. The first kappa shape index (κ1) is 33.9. The number of rotatable bonds is 13. The highest BCUT2D eigenvalue weighted by Gasteiger charge is 2.23. The van der Waals surface area contributed by atoms with Gasteiger partial charge in [-0.25, -0.2) is 15.0 Å². The molecule has 0 atom stereocenters. The number of anilines is 2. The van der Waals surface area contributed by atoms with Gasteiger partial charge in [0, 0.05) is 53.4 Å². The predicted molar refractivity (Wildman–Crippen MR) is 170 cm³/mol. The number of nitro groups is 2. The lowest BCUT2D eigenvalue weighted by Crippen LogP contribution is -2.23. The maximum atomic E-state index is 11.3. The smallest absolute Gasteiger partial charge is 0.311 e. The van der Waals surface area contributed by atoms with Crippen molar-refractivity contribution in [3.8, 4) is 5.88 Å². The number of hydrogen-bond donors (Lipinski definition) is 0. The van der Waals surface area contributed by atoms with Crippen molar-refractivity contribution in [3.63, 3.8) is 0 Å². The average molecular weight is 688 g/mol. The molecule has 4 heterocycles. The van der Waals surface area contributed by atoms with Crippen LogP contribution in [0.3, 0.4) is 0 Å². The van der Waals surface area contributed by atoms with Gasteiger partial charge in [-0.05, 0) is 19.9 Å². The molecule has 0 spiro atoms. The Bertz CT molecular complexity index is 1570. The van der Waals surface area contributed by atoms with Crippen LogP contribution in [-0.4, -0.2) is 49.5 Å². The van der Waals surface area contributed by atoms with E-state index >= 15 is 0 Å². The molecule has 0 saturated carbocycles. The molecule has 4 aromatic heterocycles. The first-order valence-electron chi connectivity index (χ1n) is 12.5. The van der Waals surface area contributed by atoms with Gasteiger partial charge in [0.2, 0.25) is 17.5 Å². The topological polar surface area (TPSA) is 154 Å². The molecule has 43 heavy (non-hydrogen) atoms. The number of thiazole rings is 2. The number of hydrogen-bond acceptors (Lipinski definition) is 13. The molecule has 0 N–H and O–H groups in total. The zero-order chi connectivity index (χ0) is 31.5. The molecule has 0 unspecified atom stereocenters. The van der Waals surface area contributed by atoms with Gasteiger partial charge in [-0.3, -0.25) is 20.2 Å². The number of nitrogens with zero attached hydrogens (tertiary/aromatic N) is 8. The Morgan fingerprint density at radius 1 is 0.860 bits per heavy atom. The van der Waals surface area contributed by atoms with Gasteiger partial charge in [0.1, 0.15) is 11.8 Å². The van der Waals surface area contributed by atoms with Crippen LogP contribution in [0.15, 0.2) is 49.3 Å². The maximum absolute atomic E-state index is 11.3. The summed E-state index contributed by atoms with van der Waals surface area (Å²) in [5, 5.41) is 22.6. The van der Waals surface area contributed by atoms with Crippen LogP contribution in [0.2, 0.25) is 14.1 Å². The maximum Gasteiger partial charge on any atom is 0.311 e. The minimum absolute atomic E-state index is 0.0755. The summed E-state index contributed by atoms with van der Waals surface area (Å²) in [5.74, 6) is 0.810. The summed E-state index contributed by atoms with van der Waals surface area (Å²) >= 11 is 20.1. The summed E-state index contributed by atoms with van der Waals surface area (Å²) in [6, 6.07) is 5.62. The Kier molecular flexibility index (Phi) is 12.8. The molecule has 0 aliphatic heterocycles. The van der Waals surface area contributed by atoms with Crippen molar-refractivity contribution in [2.75, 3.05) is 29.5 Å². The van der Waals surface area contributed by atoms with Crippen LogP contribution in [0.5, 0.6) is 5.88 Å². The molecule has 4 aromatic rings. The molecule has 0 aliphatic rings. The van der Waals surface area contributed by atoms with Crippen molar-refractivity contribution in [1.29, 1.82) is 0 Å². The average Bonchev–Trinajstić information content (AvgIpc) is 3.59. The first-order valence-corrected chi connectivity index (χ1v) is 15.2. The minimum atomic E-state index is -0.471. The van der Waals surface area contributed by atoms with Crippen LogP contribution in [0.4, 0.5) is 23.0 Å². The zero-order valence-electron chi connectivity index (χ0n) is 22.9. The summed E-state index contributed by atoms with van der Waals surface area (Å²) in [5.41, 5.74) is -0.153. The molecule has 0 aromatic carbocycles. The van der Waals surface area contributed by atoms with Crippen molar-refractivity contribution in [2.45, 2.75) is 26.9 Å². The van der Waals surface area contributed by atoms with Crippen LogP contribution in [0.25, 0.3) is 0 Å². The van der Waals surface area contributed by atoms with Gasteiger partial charge in [-0.15, -0.1) is 22.7 Å². The van der Waals surface area contributed by atoms with Crippen LogP contribution in [-0.2, 0) is 13.1 Å². The molecule has 0 saturated heterocycles. The van der Waals surface area contributed by atoms with Gasteiger partial charge in [0.05, 0.1) is 22.9 Å². The standard InChI is InChI=1S/C14H15ClN4O3S.C11H10Cl2N4O2S/c1-3-7-22-12-6-5-11(19(20)21)13(17-12)18(4-2)9-10-8-16-14(15)23-10;1-2-16(6-7-5-14-11(13)20-7)10-8(17(18)19)3-4-9(12)15-10/h3,5-6,8H,1,4,7,9H2,2H3;3-5H,2,6H2,1H3. The van der Waals surface area contributed by atoms with E-state index in [2.05, 4.69) is 26.5 Å². The third-order valence-electron chi connectivity index (χ3n) is 5.50. The molecule has 228 valence electrons. The molecule has 0 bridgehead atoms. The Morgan fingerprint density at radius 3 is 1.77 bits per heavy atom. The fourth-order valence-corrected chi connectivity index (χ4v) is 5.71. The van der Waals surface area contributed by atoms with E-state index in [0.29, 0.717) is 41.0 Å². The minimum Gasteiger partial charge on any atom is -0.473 e. The van der Waals surface area contributed by atoms with Gasteiger partial charge in [0.25, 0.3) is 0 Å². The zero-order valence-corrected chi connectivity index (χ0v) is 26.8. The van der Waals surface area contributed by atoms with Crippen LogP contribution in [0.1, 0.15) is 23.6 Å². The Labute approximate surface area is 269 Å². The molecule has 0 fully saturated rings. The lowest BCUT2D eigenvalue weighted by atomic mass is 10.3. The van der Waals surface area contributed by atoms with E-state index in [0.717, 1.165) is 9.75 Å². The predicted octanol–water partition coefficient (Wildman–Crippen LogP) is 7.47. The van der Waals surface area contributed by atoms with E-state index in [4.69, 9.17) is 39.5 Å². The third kappa shape index (κ3) is 9.69. The van der Waals surface area contributed by atoms with Crippen LogP contribution >= 0.6 is 57.5 Å².